The quantitative estimate of drug-likeness (QED) is 0.516. The topological polar surface area (TPSA) is 47.6 Å². The molecule has 0 aliphatic carbocycles. The van der Waals surface area contributed by atoms with Crippen molar-refractivity contribution in [3.8, 4) is 5.75 Å². The second-order valence-corrected chi connectivity index (χ2v) is 7.13. The molecule has 3 aromatic rings. The van der Waals surface area contributed by atoms with Crippen LogP contribution in [0.25, 0.3) is 0 Å². The first-order valence-corrected chi connectivity index (χ1v) is 9.86. The Bertz CT molecular complexity index is 879. The minimum absolute atomic E-state index is 0.291. The summed E-state index contributed by atoms with van der Waals surface area (Å²) >= 11 is 1.49. The molecular formula is C22H22FNO3S. The average Bonchev–Trinajstić information content (AvgIpc) is 3.23. The molecule has 0 unspecified atom stereocenters. The Hall–Kier alpha value is -2.86. The predicted molar refractivity (Wildman–Crippen MR) is 109 cm³/mol. The first kappa shape index (κ1) is 19.9. The van der Waals surface area contributed by atoms with Gasteiger partial charge in [0, 0.05) is 10.6 Å². The summed E-state index contributed by atoms with van der Waals surface area (Å²) in [6.45, 7) is 2.08. The van der Waals surface area contributed by atoms with Crippen LogP contribution in [0.5, 0.6) is 5.75 Å². The zero-order chi connectivity index (χ0) is 19.9. The van der Waals surface area contributed by atoms with Crippen LogP contribution >= 0.6 is 11.3 Å². The van der Waals surface area contributed by atoms with Crippen molar-refractivity contribution in [2.75, 3.05) is 19.0 Å². The Balaban J connectivity index is 2.01. The summed E-state index contributed by atoms with van der Waals surface area (Å²) in [4.78, 5) is 13.7. The number of anilines is 1. The van der Waals surface area contributed by atoms with E-state index in [1.54, 1.807) is 26.2 Å². The van der Waals surface area contributed by atoms with Crippen LogP contribution in [0.15, 0.2) is 66.0 Å². The fourth-order valence-electron chi connectivity index (χ4n) is 3.01. The smallest absolute Gasteiger partial charge is 0.316 e. The summed E-state index contributed by atoms with van der Waals surface area (Å²) < 4.78 is 24.1. The Morgan fingerprint density at radius 3 is 2.39 bits per heavy atom. The van der Waals surface area contributed by atoms with Gasteiger partial charge in [-0.05, 0) is 60.3 Å². The molecule has 4 nitrogen and oxygen atoms in total. The van der Waals surface area contributed by atoms with E-state index < -0.39 is 12.0 Å². The number of hydrogen-bond donors (Lipinski definition) is 1. The van der Waals surface area contributed by atoms with Crippen molar-refractivity contribution in [2.45, 2.75) is 18.9 Å². The fourth-order valence-corrected chi connectivity index (χ4v) is 3.86. The van der Waals surface area contributed by atoms with Gasteiger partial charge in [-0.2, -0.15) is 0 Å². The summed E-state index contributed by atoms with van der Waals surface area (Å²) in [7, 11) is 1.61. The summed E-state index contributed by atoms with van der Waals surface area (Å²) in [5.41, 5.74) is 1.62. The lowest BCUT2D eigenvalue weighted by atomic mass is 9.91. The molecule has 0 bridgehead atoms. The van der Waals surface area contributed by atoms with Gasteiger partial charge in [-0.3, -0.25) is 4.79 Å². The van der Waals surface area contributed by atoms with E-state index in [0.717, 1.165) is 21.9 Å². The van der Waals surface area contributed by atoms with Crippen LogP contribution in [0, 0.1) is 5.82 Å². The van der Waals surface area contributed by atoms with Gasteiger partial charge in [-0.25, -0.2) is 4.39 Å². The van der Waals surface area contributed by atoms with Gasteiger partial charge < -0.3 is 14.8 Å². The number of thiophene rings is 1. The van der Waals surface area contributed by atoms with Gasteiger partial charge in [0.25, 0.3) is 0 Å². The van der Waals surface area contributed by atoms with Crippen LogP contribution in [0.1, 0.15) is 29.3 Å². The molecule has 0 aliphatic heterocycles. The molecule has 1 aromatic heterocycles. The standard InChI is InChI=1S/C22H22FNO3S/c1-3-27-22(25)20(19-5-4-14-28-19)21(15-6-8-16(23)9-7-15)24-17-10-12-18(26-2)13-11-17/h4-14,20-21,24H,3H2,1-2H3/t20-,21+/m1/s1. The molecule has 0 spiro atoms. The highest BCUT2D eigenvalue weighted by atomic mass is 32.1. The number of benzene rings is 2. The molecule has 0 fully saturated rings. The zero-order valence-electron chi connectivity index (χ0n) is 15.7. The average molecular weight is 399 g/mol. The molecule has 0 amide bonds. The number of ether oxygens (including phenoxy) is 2. The maximum Gasteiger partial charge on any atom is 0.316 e. The number of carbonyl (C=O) groups is 1. The van der Waals surface area contributed by atoms with E-state index in [0.29, 0.717) is 6.61 Å². The monoisotopic (exact) mass is 399 g/mol. The third kappa shape index (κ3) is 4.70. The molecule has 2 aromatic carbocycles. The van der Waals surface area contributed by atoms with E-state index in [9.17, 15) is 9.18 Å². The Morgan fingerprint density at radius 1 is 1.11 bits per heavy atom. The molecule has 146 valence electrons. The van der Waals surface area contributed by atoms with Crippen molar-refractivity contribution >= 4 is 23.0 Å². The van der Waals surface area contributed by atoms with Crippen molar-refractivity contribution in [3.63, 3.8) is 0 Å². The van der Waals surface area contributed by atoms with Gasteiger partial charge in [0.2, 0.25) is 0 Å². The van der Waals surface area contributed by atoms with Crippen molar-refractivity contribution in [3.05, 3.63) is 82.3 Å². The van der Waals surface area contributed by atoms with E-state index >= 15 is 0 Å². The summed E-state index contributed by atoms with van der Waals surface area (Å²) in [5.74, 6) is -0.465. The summed E-state index contributed by atoms with van der Waals surface area (Å²) in [6, 6.07) is 17.0. The van der Waals surface area contributed by atoms with Crippen molar-refractivity contribution in [2.24, 2.45) is 0 Å². The van der Waals surface area contributed by atoms with Gasteiger partial charge in [0.05, 0.1) is 19.8 Å². The Morgan fingerprint density at radius 2 is 1.82 bits per heavy atom. The lowest BCUT2D eigenvalue weighted by Crippen LogP contribution is -2.27. The third-order valence-electron chi connectivity index (χ3n) is 4.36. The zero-order valence-corrected chi connectivity index (χ0v) is 16.5. The Kier molecular flexibility index (Phi) is 6.66. The molecule has 3 rings (SSSR count). The van der Waals surface area contributed by atoms with Crippen LogP contribution in [-0.2, 0) is 9.53 Å². The number of nitrogens with one attached hydrogen (secondary N) is 1. The maximum absolute atomic E-state index is 13.5. The minimum atomic E-state index is -0.562. The van der Waals surface area contributed by atoms with Crippen LogP contribution in [0.2, 0.25) is 0 Å². The van der Waals surface area contributed by atoms with E-state index in [1.165, 1.54) is 23.5 Å². The minimum Gasteiger partial charge on any atom is -0.497 e. The van der Waals surface area contributed by atoms with Crippen molar-refractivity contribution in [1.82, 2.24) is 0 Å². The molecule has 0 saturated heterocycles. The number of carbonyl (C=O) groups excluding carboxylic acids is 1. The summed E-state index contributed by atoms with van der Waals surface area (Å²) in [6.07, 6.45) is 0. The first-order valence-electron chi connectivity index (χ1n) is 8.98. The number of methoxy groups -OCH3 is 1. The molecular weight excluding hydrogens is 377 g/mol. The lowest BCUT2D eigenvalue weighted by Gasteiger charge is -2.27. The second kappa shape index (κ2) is 9.37. The number of halogens is 1. The summed E-state index contributed by atoms with van der Waals surface area (Å²) in [5, 5.41) is 5.35. The second-order valence-electron chi connectivity index (χ2n) is 6.15. The maximum atomic E-state index is 13.5. The van der Waals surface area contributed by atoms with E-state index in [4.69, 9.17) is 9.47 Å². The fraction of sp³-hybridized carbons (Fsp3) is 0.227. The van der Waals surface area contributed by atoms with E-state index in [1.807, 2.05) is 41.8 Å². The normalized spacial score (nSPS) is 12.8. The molecule has 0 radical (unpaired) electrons. The third-order valence-corrected chi connectivity index (χ3v) is 5.32. The highest BCUT2D eigenvalue weighted by Gasteiger charge is 2.33. The predicted octanol–water partition coefficient (Wildman–Crippen LogP) is 5.40. The Labute approximate surface area is 167 Å². The molecule has 0 aliphatic rings. The van der Waals surface area contributed by atoms with Gasteiger partial charge in [0.15, 0.2) is 0 Å². The van der Waals surface area contributed by atoms with Crippen LogP contribution < -0.4 is 10.1 Å². The van der Waals surface area contributed by atoms with E-state index in [2.05, 4.69) is 5.32 Å². The van der Waals surface area contributed by atoms with Crippen molar-refractivity contribution in [1.29, 1.82) is 0 Å². The highest BCUT2D eigenvalue weighted by molar-refractivity contribution is 7.10. The van der Waals surface area contributed by atoms with Crippen LogP contribution in [0.3, 0.4) is 0 Å². The molecule has 1 N–H and O–H groups in total. The molecule has 6 heteroatoms. The van der Waals surface area contributed by atoms with Crippen LogP contribution in [0.4, 0.5) is 10.1 Å². The lowest BCUT2D eigenvalue weighted by molar-refractivity contribution is -0.145. The first-order chi connectivity index (χ1) is 13.6. The van der Waals surface area contributed by atoms with Gasteiger partial charge >= 0.3 is 5.97 Å². The molecule has 1 heterocycles. The molecule has 0 saturated carbocycles. The molecule has 2 atom stereocenters. The van der Waals surface area contributed by atoms with Gasteiger partial charge in [-0.15, -0.1) is 11.3 Å². The van der Waals surface area contributed by atoms with Crippen molar-refractivity contribution < 1.29 is 18.7 Å². The number of rotatable bonds is 8. The van der Waals surface area contributed by atoms with Gasteiger partial charge in [0.1, 0.15) is 17.5 Å². The van der Waals surface area contributed by atoms with E-state index in [-0.39, 0.29) is 11.8 Å². The highest BCUT2D eigenvalue weighted by Crippen LogP contribution is 2.37. The number of esters is 1. The van der Waals surface area contributed by atoms with Crippen LogP contribution in [-0.4, -0.2) is 19.7 Å². The van der Waals surface area contributed by atoms with Gasteiger partial charge in [-0.1, -0.05) is 18.2 Å². The molecule has 28 heavy (non-hydrogen) atoms. The largest absolute Gasteiger partial charge is 0.497 e. The SMILES string of the molecule is CCOC(=O)[C@H](c1cccs1)[C@@H](Nc1ccc(OC)cc1)c1ccc(F)cc1. The number of hydrogen-bond acceptors (Lipinski definition) is 5.